The highest BCUT2D eigenvalue weighted by Gasteiger charge is 2.28. The van der Waals surface area contributed by atoms with Crippen molar-refractivity contribution in [1.29, 1.82) is 0 Å². The zero-order valence-corrected chi connectivity index (χ0v) is 13.4. The third kappa shape index (κ3) is 5.94. The van der Waals surface area contributed by atoms with Gasteiger partial charge >= 0.3 is 6.18 Å². The van der Waals surface area contributed by atoms with E-state index in [0.29, 0.717) is 6.42 Å². The van der Waals surface area contributed by atoms with Crippen LogP contribution in [-0.2, 0) is 18.3 Å². The SMILES string of the molecule is Cn1cc(CCC(=O)Nc2ccccc2C(=O)NCC(F)(F)F)cn1. The molecular weight excluding hydrogens is 337 g/mol. The number of amides is 2. The molecule has 1 aromatic heterocycles. The predicted octanol–water partition coefficient (Wildman–Crippen LogP) is 2.28. The Kier molecular flexibility index (Phi) is 5.79. The highest BCUT2D eigenvalue weighted by molar-refractivity contribution is 6.03. The Morgan fingerprint density at radius 1 is 1.24 bits per heavy atom. The van der Waals surface area contributed by atoms with Crippen molar-refractivity contribution in [3.8, 4) is 0 Å². The maximum absolute atomic E-state index is 12.2. The van der Waals surface area contributed by atoms with Crippen LogP contribution in [0.15, 0.2) is 36.7 Å². The second kappa shape index (κ2) is 7.82. The first-order valence-corrected chi connectivity index (χ1v) is 7.46. The van der Waals surface area contributed by atoms with Gasteiger partial charge in [-0.2, -0.15) is 18.3 Å². The summed E-state index contributed by atoms with van der Waals surface area (Å²) >= 11 is 0. The van der Waals surface area contributed by atoms with Gasteiger partial charge in [0.15, 0.2) is 0 Å². The number of para-hydroxylation sites is 1. The molecule has 2 N–H and O–H groups in total. The minimum Gasteiger partial charge on any atom is -0.343 e. The lowest BCUT2D eigenvalue weighted by Crippen LogP contribution is -2.34. The van der Waals surface area contributed by atoms with Gasteiger partial charge in [-0.25, -0.2) is 0 Å². The zero-order chi connectivity index (χ0) is 18.4. The van der Waals surface area contributed by atoms with Crippen molar-refractivity contribution in [2.24, 2.45) is 7.05 Å². The number of benzene rings is 1. The van der Waals surface area contributed by atoms with Crippen LogP contribution in [0.1, 0.15) is 22.3 Å². The summed E-state index contributed by atoms with van der Waals surface area (Å²) < 4.78 is 38.3. The van der Waals surface area contributed by atoms with Gasteiger partial charge in [-0.05, 0) is 24.1 Å². The van der Waals surface area contributed by atoms with Gasteiger partial charge in [-0.1, -0.05) is 12.1 Å². The Morgan fingerprint density at radius 3 is 2.60 bits per heavy atom. The summed E-state index contributed by atoms with van der Waals surface area (Å²) in [5, 5.41) is 8.34. The van der Waals surface area contributed by atoms with Crippen molar-refractivity contribution in [3.63, 3.8) is 0 Å². The molecule has 0 aliphatic rings. The lowest BCUT2D eigenvalue weighted by Gasteiger charge is -2.12. The van der Waals surface area contributed by atoms with E-state index in [1.165, 1.54) is 18.2 Å². The topological polar surface area (TPSA) is 76.0 Å². The van der Waals surface area contributed by atoms with Crippen LogP contribution >= 0.6 is 0 Å². The Labute approximate surface area is 142 Å². The number of alkyl halides is 3. The Morgan fingerprint density at radius 2 is 1.96 bits per heavy atom. The first-order valence-electron chi connectivity index (χ1n) is 7.46. The number of halogens is 3. The van der Waals surface area contributed by atoms with Crippen LogP contribution in [0.5, 0.6) is 0 Å². The van der Waals surface area contributed by atoms with Gasteiger partial charge < -0.3 is 10.6 Å². The van der Waals surface area contributed by atoms with Crippen LogP contribution in [0.4, 0.5) is 18.9 Å². The minimum atomic E-state index is -4.50. The fourth-order valence-electron chi connectivity index (χ4n) is 2.14. The van der Waals surface area contributed by atoms with Crippen LogP contribution in [0.3, 0.4) is 0 Å². The van der Waals surface area contributed by atoms with Crippen molar-refractivity contribution in [3.05, 3.63) is 47.8 Å². The first kappa shape index (κ1) is 18.5. The van der Waals surface area contributed by atoms with Crippen LogP contribution in [0, 0.1) is 0 Å². The minimum absolute atomic E-state index is 0.0264. The smallest absolute Gasteiger partial charge is 0.343 e. The standard InChI is InChI=1S/C16H17F3N4O2/c1-23-9-11(8-21-23)6-7-14(24)22-13-5-3-2-4-12(13)15(25)20-10-16(17,18)19/h2-5,8-9H,6-7,10H2,1H3,(H,20,25)(H,22,24). The number of nitrogens with one attached hydrogen (secondary N) is 2. The van der Waals surface area contributed by atoms with Gasteiger partial charge in [-0.3, -0.25) is 14.3 Å². The van der Waals surface area contributed by atoms with Crippen LogP contribution in [0.2, 0.25) is 0 Å². The average molecular weight is 354 g/mol. The van der Waals surface area contributed by atoms with E-state index >= 15 is 0 Å². The number of rotatable bonds is 6. The van der Waals surface area contributed by atoms with E-state index < -0.39 is 18.6 Å². The third-order valence-corrected chi connectivity index (χ3v) is 3.29. The number of aromatic nitrogens is 2. The lowest BCUT2D eigenvalue weighted by atomic mass is 10.1. The van der Waals surface area contributed by atoms with E-state index in [9.17, 15) is 22.8 Å². The summed E-state index contributed by atoms with van der Waals surface area (Å²) in [7, 11) is 1.76. The summed E-state index contributed by atoms with van der Waals surface area (Å²) in [6.45, 7) is -1.44. The molecule has 9 heteroatoms. The number of carbonyl (C=O) groups is 2. The molecule has 0 radical (unpaired) electrons. The monoisotopic (exact) mass is 354 g/mol. The van der Waals surface area contributed by atoms with Gasteiger partial charge in [0, 0.05) is 19.7 Å². The highest BCUT2D eigenvalue weighted by atomic mass is 19.4. The molecule has 0 saturated heterocycles. The quantitative estimate of drug-likeness (QED) is 0.836. The number of aryl methyl sites for hydroxylation is 2. The van der Waals surface area contributed by atoms with Gasteiger partial charge in [0.05, 0.1) is 17.4 Å². The van der Waals surface area contributed by atoms with E-state index in [1.54, 1.807) is 35.5 Å². The molecule has 0 unspecified atom stereocenters. The number of nitrogens with zero attached hydrogens (tertiary/aromatic N) is 2. The van der Waals surface area contributed by atoms with E-state index in [2.05, 4.69) is 10.4 Å². The molecule has 134 valence electrons. The largest absolute Gasteiger partial charge is 0.405 e. The van der Waals surface area contributed by atoms with Crippen molar-refractivity contribution < 1.29 is 22.8 Å². The fraction of sp³-hybridized carbons (Fsp3) is 0.312. The van der Waals surface area contributed by atoms with E-state index in [-0.39, 0.29) is 23.6 Å². The molecule has 0 atom stereocenters. The second-order valence-electron chi connectivity index (χ2n) is 5.41. The highest BCUT2D eigenvalue weighted by Crippen LogP contribution is 2.17. The molecule has 25 heavy (non-hydrogen) atoms. The molecule has 0 bridgehead atoms. The fourth-order valence-corrected chi connectivity index (χ4v) is 2.14. The molecule has 0 spiro atoms. The summed E-state index contributed by atoms with van der Waals surface area (Å²) in [6, 6.07) is 5.90. The maximum atomic E-state index is 12.2. The van der Waals surface area contributed by atoms with E-state index in [4.69, 9.17) is 0 Å². The molecule has 0 saturated carbocycles. The molecule has 2 amide bonds. The van der Waals surface area contributed by atoms with Gasteiger partial charge in [0.2, 0.25) is 5.91 Å². The van der Waals surface area contributed by atoms with Gasteiger partial charge in [-0.15, -0.1) is 0 Å². The average Bonchev–Trinajstić information content (AvgIpc) is 2.96. The Hall–Kier alpha value is -2.84. The molecule has 1 aromatic carbocycles. The molecule has 0 aliphatic carbocycles. The summed E-state index contributed by atoms with van der Waals surface area (Å²) in [4.78, 5) is 23.9. The second-order valence-corrected chi connectivity index (χ2v) is 5.41. The number of carbonyl (C=O) groups excluding carboxylic acids is 2. The van der Waals surface area contributed by atoms with Crippen LogP contribution in [0.25, 0.3) is 0 Å². The van der Waals surface area contributed by atoms with Crippen molar-refractivity contribution in [1.82, 2.24) is 15.1 Å². The molecule has 1 heterocycles. The molecule has 6 nitrogen and oxygen atoms in total. The summed E-state index contributed by atoms with van der Waals surface area (Å²) in [5.41, 5.74) is 1.02. The van der Waals surface area contributed by atoms with Gasteiger partial charge in [0.1, 0.15) is 6.54 Å². The maximum Gasteiger partial charge on any atom is 0.405 e. The lowest BCUT2D eigenvalue weighted by molar-refractivity contribution is -0.123. The number of hydrogen-bond donors (Lipinski definition) is 2. The Balaban J connectivity index is 1.97. The zero-order valence-electron chi connectivity index (χ0n) is 13.4. The van der Waals surface area contributed by atoms with E-state index in [1.807, 2.05) is 0 Å². The molecule has 2 aromatic rings. The van der Waals surface area contributed by atoms with Crippen molar-refractivity contribution in [2.45, 2.75) is 19.0 Å². The molecule has 0 fully saturated rings. The van der Waals surface area contributed by atoms with Crippen LogP contribution in [-0.4, -0.2) is 34.3 Å². The van der Waals surface area contributed by atoms with Crippen LogP contribution < -0.4 is 10.6 Å². The normalized spacial score (nSPS) is 11.2. The molecular formula is C16H17F3N4O2. The molecule has 0 aliphatic heterocycles. The molecule has 2 rings (SSSR count). The summed E-state index contributed by atoms with van der Waals surface area (Å²) in [5.74, 6) is -1.25. The summed E-state index contributed by atoms with van der Waals surface area (Å²) in [6.07, 6.45) is -0.457. The third-order valence-electron chi connectivity index (χ3n) is 3.29. The van der Waals surface area contributed by atoms with Crippen molar-refractivity contribution >= 4 is 17.5 Å². The van der Waals surface area contributed by atoms with E-state index in [0.717, 1.165) is 5.56 Å². The predicted molar refractivity (Wildman–Crippen MR) is 85.0 cm³/mol. The first-order chi connectivity index (χ1) is 11.7. The van der Waals surface area contributed by atoms with Gasteiger partial charge in [0.25, 0.3) is 5.91 Å². The number of hydrogen-bond acceptors (Lipinski definition) is 3. The van der Waals surface area contributed by atoms with Crippen molar-refractivity contribution in [2.75, 3.05) is 11.9 Å². The number of anilines is 1. The Bertz CT molecular complexity index is 756.